The van der Waals surface area contributed by atoms with Crippen molar-refractivity contribution in [1.29, 1.82) is 0 Å². The molecule has 0 aromatic rings. The van der Waals surface area contributed by atoms with Gasteiger partial charge in [0.1, 0.15) is 0 Å². The fourth-order valence-corrected chi connectivity index (χ4v) is 3.30. The topological polar surface area (TPSA) is 24.5 Å². The third-order valence-electron chi connectivity index (χ3n) is 4.65. The maximum Gasteiger partial charge on any atom is 0.0726 e. The van der Waals surface area contributed by atoms with Crippen molar-refractivity contribution in [2.75, 3.05) is 26.7 Å². The first kappa shape index (κ1) is 14.3. The normalized spacial score (nSPS) is 27.8. The van der Waals surface area contributed by atoms with Crippen molar-refractivity contribution in [3.05, 3.63) is 0 Å². The molecule has 1 saturated heterocycles. The molecule has 0 spiro atoms. The summed E-state index contributed by atoms with van der Waals surface area (Å²) in [6, 6.07) is 1.34. The highest BCUT2D eigenvalue weighted by molar-refractivity contribution is 4.78. The molecular formula is C15H30N2O. The molecule has 0 aromatic carbocycles. The predicted molar refractivity (Wildman–Crippen MR) is 75.9 cm³/mol. The number of rotatable bonds is 6. The molecule has 2 aliphatic rings. The molecule has 0 radical (unpaired) electrons. The molecule has 3 nitrogen and oxygen atoms in total. The van der Waals surface area contributed by atoms with E-state index in [1.807, 2.05) is 0 Å². The lowest BCUT2D eigenvalue weighted by Crippen LogP contribution is -2.43. The fourth-order valence-electron chi connectivity index (χ4n) is 3.30. The van der Waals surface area contributed by atoms with Crippen LogP contribution in [0.15, 0.2) is 0 Å². The molecule has 0 bridgehead atoms. The minimum atomic E-state index is 0.449. The predicted octanol–water partition coefficient (Wildman–Crippen LogP) is 2.41. The summed E-state index contributed by atoms with van der Waals surface area (Å²) in [5.74, 6) is 0. The van der Waals surface area contributed by atoms with Crippen molar-refractivity contribution in [1.82, 2.24) is 10.2 Å². The molecule has 1 heterocycles. The lowest BCUT2D eigenvalue weighted by atomic mass is 9.94. The smallest absolute Gasteiger partial charge is 0.0726 e. The summed E-state index contributed by atoms with van der Waals surface area (Å²) in [4.78, 5) is 2.55. The van der Waals surface area contributed by atoms with Crippen molar-refractivity contribution in [2.45, 2.75) is 70.1 Å². The molecule has 18 heavy (non-hydrogen) atoms. The van der Waals surface area contributed by atoms with Gasteiger partial charge in [0.25, 0.3) is 0 Å². The van der Waals surface area contributed by atoms with Gasteiger partial charge in [-0.25, -0.2) is 0 Å². The summed E-state index contributed by atoms with van der Waals surface area (Å²) >= 11 is 0. The summed E-state index contributed by atoms with van der Waals surface area (Å²) in [6.45, 7) is 5.48. The van der Waals surface area contributed by atoms with Gasteiger partial charge >= 0.3 is 0 Å². The van der Waals surface area contributed by atoms with Crippen LogP contribution < -0.4 is 5.32 Å². The Hall–Kier alpha value is -0.120. The van der Waals surface area contributed by atoms with Crippen LogP contribution in [0, 0.1) is 0 Å². The third kappa shape index (κ3) is 4.22. The zero-order valence-electron chi connectivity index (χ0n) is 12.2. The molecule has 106 valence electrons. The molecule has 2 unspecified atom stereocenters. The maximum atomic E-state index is 5.71. The van der Waals surface area contributed by atoms with Crippen LogP contribution in [0.5, 0.6) is 0 Å². The average molecular weight is 254 g/mol. The van der Waals surface area contributed by atoms with E-state index in [4.69, 9.17) is 4.74 Å². The van der Waals surface area contributed by atoms with Gasteiger partial charge in [-0.2, -0.15) is 0 Å². The summed E-state index contributed by atoms with van der Waals surface area (Å²) < 4.78 is 5.71. The van der Waals surface area contributed by atoms with Crippen molar-refractivity contribution < 1.29 is 4.74 Å². The van der Waals surface area contributed by atoms with Gasteiger partial charge < -0.3 is 15.0 Å². The standard InChI is InChI=1S/C15H30N2O/c1-13(15-9-6-12-18-15)16-10-11-17(2)14-7-4-3-5-8-14/h13-16H,3-12H2,1-2H3. The van der Waals surface area contributed by atoms with Crippen LogP contribution in [0.2, 0.25) is 0 Å². The highest BCUT2D eigenvalue weighted by Gasteiger charge is 2.22. The Kier molecular flexibility index (Phi) is 5.93. The molecular weight excluding hydrogens is 224 g/mol. The third-order valence-corrected chi connectivity index (χ3v) is 4.65. The van der Waals surface area contributed by atoms with Crippen LogP contribution in [-0.2, 0) is 4.74 Å². The molecule has 0 amide bonds. The second-order valence-electron chi connectivity index (χ2n) is 6.07. The molecule has 2 rings (SSSR count). The molecule has 1 aliphatic carbocycles. The first-order valence-corrected chi connectivity index (χ1v) is 7.82. The summed E-state index contributed by atoms with van der Waals surface area (Å²) in [7, 11) is 2.29. The highest BCUT2D eigenvalue weighted by Crippen LogP contribution is 2.21. The van der Waals surface area contributed by atoms with E-state index in [-0.39, 0.29) is 0 Å². The molecule has 2 atom stereocenters. The number of likely N-dealkylation sites (N-methyl/N-ethyl adjacent to an activating group) is 1. The summed E-state index contributed by atoms with van der Waals surface area (Å²) in [5.41, 5.74) is 0. The summed E-state index contributed by atoms with van der Waals surface area (Å²) in [6.07, 6.45) is 10.0. The van der Waals surface area contributed by atoms with Crippen LogP contribution in [0.25, 0.3) is 0 Å². The van der Waals surface area contributed by atoms with E-state index >= 15 is 0 Å². The largest absolute Gasteiger partial charge is 0.377 e. The summed E-state index contributed by atoms with van der Waals surface area (Å²) in [5, 5.41) is 3.63. The minimum absolute atomic E-state index is 0.449. The van der Waals surface area contributed by atoms with E-state index < -0.39 is 0 Å². The molecule has 2 fully saturated rings. The number of hydrogen-bond donors (Lipinski definition) is 1. The zero-order valence-corrected chi connectivity index (χ0v) is 12.2. The Labute approximate surface area is 112 Å². The minimum Gasteiger partial charge on any atom is -0.377 e. The first-order valence-electron chi connectivity index (χ1n) is 7.82. The van der Waals surface area contributed by atoms with E-state index in [0.29, 0.717) is 12.1 Å². The van der Waals surface area contributed by atoms with E-state index in [9.17, 15) is 0 Å². The average Bonchev–Trinajstić information content (AvgIpc) is 2.93. The molecule has 1 N–H and O–H groups in total. The molecule has 3 heteroatoms. The lowest BCUT2D eigenvalue weighted by Gasteiger charge is -2.31. The van der Waals surface area contributed by atoms with Crippen LogP contribution in [0.1, 0.15) is 51.9 Å². The zero-order chi connectivity index (χ0) is 12.8. The lowest BCUT2D eigenvalue weighted by molar-refractivity contribution is 0.0819. The van der Waals surface area contributed by atoms with E-state index in [2.05, 4.69) is 24.2 Å². The Morgan fingerprint density at radius 3 is 2.61 bits per heavy atom. The van der Waals surface area contributed by atoms with Gasteiger partial charge in [-0.3, -0.25) is 0 Å². The van der Waals surface area contributed by atoms with Gasteiger partial charge in [0.15, 0.2) is 0 Å². The first-order chi connectivity index (χ1) is 8.77. The second kappa shape index (κ2) is 7.46. The van der Waals surface area contributed by atoms with Gasteiger partial charge in [0.05, 0.1) is 6.10 Å². The fraction of sp³-hybridized carbons (Fsp3) is 1.00. The van der Waals surface area contributed by atoms with Crippen LogP contribution in [0.3, 0.4) is 0 Å². The van der Waals surface area contributed by atoms with Gasteiger partial charge in [-0.05, 0) is 39.7 Å². The van der Waals surface area contributed by atoms with Gasteiger partial charge in [-0.1, -0.05) is 19.3 Å². The van der Waals surface area contributed by atoms with E-state index in [0.717, 1.165) is 19.2 Å². The SMILES string of the molecule is CC(NCCN(C)C1CCCCC1)C1CCCO1. The number of ether oxygens (including phenoxy) is 1. The van der Waals surface area contributed by atoms with Gasteiger partial charge in [0.2, 0.25) is 0 Å². The number of nitrogens with one attached hydrogen (secondary N) is 1. The van der Waals surface area contributed by atoms with Crippen molar-refractivity contribution >= 4 is 0 Å². The van der Waals surface area contributed by atoms with Gasteiger partial charge in [0, 0.05) is 31.8 Å². The van der Waals surface area contributed by atoms with Crippen LogP contribution in [-0.4, -0.2) is 49.8 Å². The maximum absolute atomic E-state index is 5.71. The van der Waals surface area contributed by atoms with Gasteiger partial charge in [-0.15, -0.1) is 0 Å². The monoisotopic (exact) mass is 254 g/mol. The van der Waals surface area contributed by atoms with Crippen molar-refractivity contribution in [3.8, 4) is 0 Å². The van der Waals surface area contributed by atoms with E-state index in [1.165, 1.54) is 51.5 Å². The Morgan fingerprint density at radius 2 is 1.94 bits per heavy atom. The Bertz CT molecular complexity index is 223. The Morgan fingerprint density at radius 1 is 1.17 bits per heavy atom. The second-order valence-corrected chi connectivity index (χ2v) is 6.07. The van der Waals surface area contributed by atoms with Crippen LogP contribution in [0.4, 0.5) is 0 Å². The highest BCUT2D eigenvalue weighted by atomic mass is 16.5. The van der Waals surface area contributed by atoms with E-state index in [1.54, 1.807) is 0 Å². The number of nitrogens with zero attached hydrogens (tertiary/aromatic N) is 1. The molecule has 0 aromatic heterocycles. The molecule has 1 aliphatic heterocycles. The number of hydrogen-bond acceptors (Lipinski definition) is 3. The quantitative estimate of drug-likeness (QED) is 0.788. The van der Waals surface area contributed by atoms with Crippen molar-refractivity contribution in [2.24, 2.45) is 0 Å². The van der Waals surface area contributed by atoms with Crippen LogP contribution >= 0.6 is 0 Å². The Balaban J connectivity index is 1.58. The van der Waals surface area contributed by atoms with Crippen molar-refractivity contribution in [3.63, 3.8) is 0 Å². The molecule has 1 saturated carbocycles.